The number of likely N-dealkylation sites (N-methyl/N-ethyl adjacent to an activating group) is 1. The van der Waals surface area contributed by atoms with Crippen LogP contribution in [-0.4, -0.2) is 61.4 Å². The van der Waals surface area contributed by atoms with E-state index in [9.17, 15) is 9.90 Å². The Kier molecular flexibility index (Phi) is 5.38. The molecule has 0 aromatic carbocycles. The Morgan fingerprint density at radius 3 is 2.25 bits per heavy atom. The van der Waals surface area contributed by atoms with Gasteiger partial charge in [0, 0.05) is 20.2 Å². The van der Waals surface area contributed by atoms with E-state index in [2.05, 4.69) is 5.32 Å². The normalized spacial score (nSPS) is 16.0. The summed E-state index contributed by atoms with van der Waals surface area (Å²) >= 11 is 0. The Morgan fingerprint density at radius 1 is 1.38 bits per heavy atom. The molecule has 0 aliphatic carbocycles. The lowest BCUT2D eigenvalue weighted by molar-refractivity contribution is -0.140. The predicted octanol–water partition coefficient (Wildman–Crippen LogP) is -0.160. The maximum absolute atomic E-state index is 11.7. The van der Waals surface area contributed by atoms with Gasteiger partial charge in [0.25, 0.3) is 5.91 Å². The van der Waals surface area contributed by atoms with Crippen LogP contribution in [0.5, 0.6) is 0 Å². The molecule has 16 heavy (non-hydrogen) atoms. The van der Waals surface area contributed by atoms with Gasteiger partial charge in [0.1, 0.15) is 5.60 Å². The predicted molar refractivity (Wildman–Crippen MR) is 63.3 cm³/mol. The summed E-state index contributed by atoms with van der Waals surface area (Å²) in [4.78, 5) is 13.5. The second kappa shape index (κ2) is 5.61. The molecule has 5 heteroatoms. The third-order valence-corrected chi connectivity index (χ3v) is 2.34. The highest BCUT2D eigenvalue weighted by molar-refractivity contribution is 5.84. The van der Waals surface area contributed by atoms with Crippen LogP contribution in [0.2, 0.25) is 0 Å². The number of carbonyl (C=O) groups excluding carboxylic acids is 1. The van der Waals surface area contributed by atoms with Crippen molar-refractivity contribution < 1.29 is 14.6 Å². The summed E-state index contributed by atoms with van der Waals surface area (Å²) in [6.07, 6.45) is 0. The lowest BCUT2D eigenvalue weighted by atomic mass is 10.1. The largest absolute Gasteiger partial charge is 0.387 e. The van der Waals surface area contributed by atoms with Gasteiger partial charge in [0.2, 0.25) is 0 Å². The molecule has 0 saturated heterocycles. The van der Waals surface area contributed by atoms with Crippen LogP contribution in [0.3, 0.4) is 0 Å². The van der Waals surface area contributed by atoms with Crippen LogP contribution in [0.25, 0.3) is 0 Å². The second-order valence-corrected chi connectivity index (χ2v) is 5.13. The highest BCUT2D eigenvalue weighted by Gasteiger charge is 2.29. The summed E-state index contributed by atoms with van der Waals surface area (Å²) in [5.74, 6) is -0.228. The van der Waals surface area contributed by atoms with E-state index in [0.717, 1.165) is 0 Å². The van der Waals surface area contributed by atoms with Gasteiger partial charge in [-0.3, -0.25) is 4.79 Å². The average molecular weight is 232 g/mol. The number of carbonyl (C=O) groups is 1. The molecule has 96 valence electrons. The molecule has 0 heterocycles. The molecule has 0 radical (unpaired) electrons. The molecule has 1 atom stereocenters. The second-order valence-electron chi connectivity index (χ2n) is 5.13. The van der Waals surface area contributed by atoms with Crippen molar-refractivity contribution in [1.82, 2.24) is 10.2 Å². The summed E-state index contributed by atoms with van der Waals surface area (Å²) in [7, 11) is 5.22. The molecule has 1 unspecified atom stereocenters. The molecule has 0 saturated carbocycles. The van der Waals surface area contributed by atoms with Crippen molar-refractivity contribution in [3.05, 3.63) is 0 Å². The van der Waals surface area contributed by atoms with Gasteiger partial charge in [-0.1, -0.05) is 0 Å². The topological polar surface area (TPSA) is 61.8 Å². The van der Waals surface area contributed by atoms with E-state index < -0.39 is 11.2 Å². The minimum atomic E-state index is -0.941. The van der Waals surface area contributed by atoms with Gasteiger partial charge in [0.05, 0.1) is 5.60 Å². The Hall–Kier alpha value is -0.650. The number of methoxy groups -OCH3 is 1. The highest BCUT2D eigenvalue weighted by Crippen LogP contribution is 2.08. The number of amides is 1. The molecule has 0 rings (SSSR count). The van der Waals surface area contributed by atoms with Crippen molar-refractivity contribution in [3.63, 3.8) is 0 Å². The Balaban J connectivity index is 4.19. The number of ether oxygens (including phenoxy) is 1. The number of nitrogens with zero attached hydrogens (tertiary/aromatic N) is 1. The molecule has 0 spiro atoms. The summed E-state index contributed by atoms with van der Waals surface area (Å²) in [6.45, 7) is 5.75. The molecule has 1 amide bonds. The van der Waals surface area contributed by atoms with Crippen LogP contribution in [0.1, 0.15) is 20.8 Å². The first-order chi connectivity index (χ1) is 7.10. The molecule has 0 aromatic heterocycles. The fourth-order valence-corrected chi connectivity index (χ4v) is 1.31. The van der Waals surface area contributed by atoms with Gasteiger partial charge in [-0.15, -0.1) is 0 Å². The smallest absolute Gasteiger partial charge is 0.251 e. The molecular weight excluding hydrogens is 208 g/mol. The highest BCUT2D eigenvalue weighted by atomic mass is 16.5. The van der Waals surface area contributed by atoms with Crippen molar-refractivity contribution in [3.8, 4) is 0 Å². The standard InChI is InChI=1S/C11H24N2O3/c1-10(2,16-6)9(14)12-7-11(3,15)8-13(4)5/h15H,7-8H2,1-6H3,(H,12,14). The average Bonchev–Trinajstić information content (AvgIpc) is 2.12. The third-order valence-electron chi connectivity index (χ3n) is 2.34. The summed E-state index contributed by atoms with van der Waals surface area (Å²) in [6, 6.07) is 0. The van der Waals surface area contributed by atoms with Crippen molar-refractivity contribution in [2.45, 2.75) is 32.0 Å². The maximum Gasteiger partial charge on any atom is 0.251 e. The van der Waals surface area contributed by atoms with Gasteiger partial charge in [-0.2, -0.15) is 0 Å². The third kappa shape index (κ3) is 5.44. The lowest BCUT2D eigenvalue weighted by Gasteiger charge is -2.29. The molecule has 2 N–H and O–H groups in total. The molecule has 0 aromatic rings. The summed E-state index contributed by atoms with van der Waals surface area (Å²) in [5.41, 5.74) is -1.81. The van der Waals surface area contributed by atoms with Crippen LogP contribution in [-0.2, 0) is 9.53 Å². The zero-order valence-corrected chi connectivity index (χ0v) is 11.1. The number of hydrogen-bond donors (Lipinski definition) is 2. The number of nitrogens with one attached hydrogen (secondary N) is 1. The van der Waals surface area contributed by atoms with E-state index in [1.165, 1.54) is 7.11 Å². The minimum absolute atomic E-state index is 0.205. The first kappa shape index (κ1) is 15.3. The molecule has 0 aliphatic heterocycles. The number of hydrogen-bond acceptors (Lipinski definition) is 4. The molecule has 5 nitrogen and oxygen atoms in total. The monoisotopic (exact) mass is 232 g/mol. The van der Waals surface area contributed by atoms with Gasteiger partial charge in [-0.05, 0) is 34.9 Å². The summed E-state index contributed by atoms with van der Waals surface area (Å²) in [5, 5.41) is 12.7. The van der Waals surface area contributed by atoms with Gasteiger partial charge in [-0.25, -0.2) is 0 Å². The van der Waals surface area contributed by atoms with Crippen molar-refractivity contribution in [2.24, 2.45) is 0 Å². The summed E-state index contributed by atoms with van der Waals surface area (Å²) < 4.78 is 5.04. The maximum atomic E-state index is 11.7. The van der Waals surface area contributed by atoms with Gasteiger partial charge >= 0.3 is 0 Å². The van der Waals surface area contributed by atoms with Gasteiger partial charge in [0.15, 0.2) is 0 Å². The molecule has 0 bridgehead atoms. The number of aliphatic hydroxyl groups is 1. The van der Waals surface area contributed by atoms with Gasteiger partial charge < -0.3 is 20.1 Å². The van der Waals surface area contributed by atoms with E-state index in [-0.39, 0.29) is 12.5 Å². The van der Waals surface area contributed by atoms with E-state index in [1.54, 1.807) is 20.8 Å². The Bertz CT molecular complexity index is 237. The Morgan fingerprint density at radius 2 is 1.88 bits per heavy atom. The van der Waals surface area contributed by atoms with E-state index in [0.29, 0.717) is 6.54 Å². The lowest BCUT2D eigenvalue weighted by Crippen LogP contribution is -2.51. The zero-order valence-electron chi connectivity index (χ0n) is 11.1. The van der Waals surface area contributed by atoms with E-state index >= 15 is 0 Å². The first-order valence-corrected chi connectivity index (χ1v) is 5.31. The van der Waals surface area contributed by atoms with Crippen LogP contribution >= 0.6 is 0 Å². The molecule has 0 aliphatic rings. The van der Waals surface area contributed by atoms with Crippen LogP contribution in [0.15, 0.2) is 0 Å². The molecular formula is C11H24N2O3. The fourth-order valence-electron chi connectivity index (χ4n) is 1.31. The molecule has 0 fully saturated rings. The van der Waals surface area contributed by atoms with Crippen molar-refractivity contribution >= 4 is 5.91 Å². The van der Waals surface area contributed by atoms with Crippen LogP contribution in [0.4, 0.5) is 0 Å². The zero-order chi connectivity index (χ0) is 13.0. The quantitative estimate of drug-likeness (QED) is 0.668. The van der Waals surface area contributed by atoms with E-state index in [4.69, 9.17) is 4.74 Å². The fraction of sp³-hybridized carbons (Fsp3) is 0.909. The SMILES string of the molecule is COC(C)(C)C(=O)NCC(C)(O)CN(C)C. The van der Waals surface area contributed by atoms with Crippen molar-refractivity contribution in [2.75, 3.05) is 34.3 Å². The number of rotatable bonds is 6. The van der Waals surface area contributed by atoms with E-state index in [1.807, 2.05) is 19.0 Å². The Labute approximate surface area is 97.8 Å². The van der Waals surface area contributed by atoms with Crippen LogP contribution < -0.4 is 5.32 Å². The van der Waals surface area contributed by atoms with Crippen molar-refractivity contribution in [1.29, 1.82) is 0 Å². The minimum Gasteiger partial charge on any atom is -0.387 e. The van der Waals surface area contributed by atoms with Crippen LogP contribution in [0, 0.1) is 0 Å². The first-order valence-electron chi connectivity index (χ1n) is 5.31.